The minimum Gasteiger partial charge on any atom is -0.508 e. The zero-order valence-electron chi connectivity index (χ0n) is 15.4. The van der Waals surface area contributed by atoms with Crippen molar-refractivity contribution in [3.05, 3.63) is 75.4 Å². The van der Waals surface area contributed by atoms with E-state index in [-0.39, 0.29) is 30.5 Å². The quantitative estimate of drug-likeness (QED) is 0.374. The van der Waals surface area contributed by atoms with E-state index in [0.717, 1.165) is 16.7 Å². The Morgan fingerprint density at radius 1 is 1.17 bits per heavy atom. The maximum atomic E-state index is 11.8. The van der Waals surface area contributed by atoms with Gasteiger partial charge in [-0.1, -0.05) is 23.7 Å². The van der Waals surface area contributed by atoms with Crippen LogP contribution in [0.25, 0.3) is 0 Å². The van der Waals surface area contributed by atoms with E-state index in [2.05, 4.69) is 15.3 Å². The molecule has 0 fully saturated rings. The molecule has 0 aliphatic heterocycles. The Kier molecular flexibility index (Phi) is 6.28. The highest BCUT2D eigenvalue weighted by Gasteiger charge is 2.27. The number of nitrogens with one attached hydrogen (secondary N) is 1. The van der Waals surface area contributed by atoms with Gasteiger partial charge in [-0.05, 0) is 48.4 Å². The zero-order chi connectivity index (χ0) is 21.7. The highest BCUT2D eigenvalue weighted by atomic mass is 35.5. The second-order valence-electron chi connectivity index (χ2n) is 6.14. The highest BCUT2D eigenvalue weighted by Crippen LogP contribution is 2.28. The summed E-state index contributed by atoms with van der Waals surface area (Å²) < 4.78 is 0. The number of amides is 1. The van der Waals surface area contributed by atoms with Crippen molar-refractivity contribution in [2.24, 2.45) is 0 Å². The third-order valence-corrected chi connectivity index (χ3v) is 4.35. The van der Waals surface area contributed by atoms with Crippen molar-refractivity contribution in [1.82, 2.24) is 9.97 Å². The SMILES string of the molecule is O=C(O)N(CCc1ccc(O)cc1)c1nc(Nc2ccc(Cl)cc2)ncc1[N+](=O)[O-]. The van der Waals surface area contributed by atoms with Crippen LogP contribution in [-0.4, -0.2) is 37.7 Å². The fourth-order valence-electron chi connectivity index (χ4n) is 2.61. The molecule has 0 saturated heterocycles. The number of hydrogen-bond donors (Lipinski definition) is 3. The van der Waals surface area contributed by atoms with E-state index < -0.39 is 16.7 Å². The molecular formula is C19H16ClN5O5. The molecule has 0 spiro atoms. The second-order valence-corrected chi connectivity index (χ2v) is 6.58. The number of nitrogens with zero attached hydrogens (tertiary/aromatic N) is 4. The molecule has 0 aliphatic carbocycles. The molecule has 0 unspecified atom stereocenters. The average Bonchev–Trinajstić information content (AvgIpc) is 2.71. The minimum atomic E-state index is -1.40. The molecule has 30 heavy (non-hydrogen) atoms. The number of benzene rings is 2. The van der Waals surface area contributed by atoms with Crippen molar-refractivity contribution in [1.29, 1.82) is 0 Å². The largest absolute Gasteiger partial charge is 0.508 e. The Labute approximate surface area is 175 Å². The van der Waals surface area contributed by atoms with Crippen LogP contribution < -0.4 is 10.2 Å². The lowest BCUT2D eigenvalue weighted by Gasteiger charge is -2.18. The molecule has 1 aromatic heterocycles. The number of aromatic hydroxyl groups is 1. The molecule has 1 amide bonds. The van der Waals surface area contributed by atoms with Crippen molar-refractivity contribution >= 4 is 40.8 Å². The molecule has 0 bridgehead atoms. The summed E-state index contributed by atoms with van der Waals surface area (Å²) in [7, 11) is 0. The van der Waals surface area contributed by atoms with Gasteiger partial charge in [-0.2, -0.15) is 4.98 Å². The molecule has 3 N–H and O–H groups in total. The van der Waals surface area contributed by atoms with Gasteiger partial charge in [0.25, 0.3) is 0 Å². The molecule has 11 heteroatoms. The van der Waals surface area contributed by atoms with Gasteiger partial charge in [0.15, 0.2) is 0 Å². The summed E-state index contributed by atoms with van der Waals surface area (Å²) in [5, 5.41) is 33.8. The summed E-state index contributed by atoms with van der Waals surface area (Å²) in [4.78, 5) is 31.3. The molecule has 3 aromatic rings. The van der Waals surface area contributed by atoms with Gasteiger partial charge in [-0.25, -0.2) is 9.78 Å². The Morgan fingerprint density at radius 3 is 2.43 bits per heavy atom. The predicted octanol–water partition coefficient (Wildman–Crippen LogP) is 4.21. The van der Waals surface area contributed by atoms with Gasteiger partial charge in [-0.3, -0.25) is 15.0 Å². The van der Waals surface area contributed by atoms with Gasteiger partial charge in [0.2, 0.25) is 11.8 Å². The normalized spacial score (nSPS) is 10.4. The molecule has 0 saturated carbocycles. The number of phenolic OH excluding ortho intramolecular Hbond substituents is 1. The third kappa shape index (κ3) is 5.11. The summed E-state index contributed by atoms with van der Waals surface area (Å²) in [5.74, 6) is -0.273. The van der Waals surface area contributed by atoms with Crippen molar-refractivity contribution in [2.75, 3.05) is 16.8 Å². The summed E-state index contributed by atoms with van der Waals surface area (Å²) in [6.07, 6.45) is -0.182. The topological polar surface area (TPSA) is 142 Å². The summed E-state index contributed by atoms with van der Waals surface area (Å²) in [5.41, 5.74) is 0.783. The van der Waals surface area contributed by atoms with E-state index in [1.54, 1.807) is 36.4 Å². The lowest BCUT2D eigenvalue weighted by Crippen LogP contribution is -2.33. The van der Waals surface area contributed by atoms with E-state index in [4.69, 9.17) is 11.6 Å². The fraction of sp³-hybridized carbons (Fsp3) is 0.105. The van der Waals surface area contributed by atoms with Crippen LogP contribution in [0.15, 0.2) is 54.7 Å². The Morgan fingerprint density at radius 2 is 1.83 bits per heavy atom. The summed E-state index contributed by atoms with van der Waals surface area (Å²) in [6.45, 7) is -0.0850. The molecular weight excluding hydrogens is 414 g/mol. The second kappa shape index (κ2) is 9.05. The Balaban J connectivity index is 1.89. The molecule has 2 aromatic carbocycles. The first-order chi connectivity index (χ1) is 14.3. The maximum absolute atomic E-state index is 11.8. The number of phenols is 1. The molecule has 3 rings (SSSR count). The smallest absolute Gasteiger partial charge is 0.413 e. The van der Waals surface area contributed by atoms with Gasteiger partial charge in [0.05, 0.1) is 4.92 Å². The molecule has 0 radical (unpaired) electrons. The van der Waals surface area contributed by atoms with Crippen LogP contribution in [0.5, 0.6) is 5.75 Å². The number of carboxylic acid groups (broad SMARTS) is 1. The van der Waals surface area contributed by atoms with E-state index in [9.17, 15) is 25.1 Å². The van der Waals surface area contributed by atoms with Crippen molar-refractivity contribution in [2.45, 2.75) is 6.42 Å². The maximum Gasteiger partial charge on any atom is 0.413 e. The average molecular weight is 430 g/mol. The number of carbonyl (C=O) groups is 1. The van der Waals surface area contributed by atoms with E-state index in [1.165, 1.54) is 12.1 Å². The predicted molar refractivity (Wildman–Crippen MR) is 111 cm³/mol. The zero-order valence-corrected chi connectivity index (χ0v) is 16.2. The van der Waals surface area contributed by atoms with Crippen molar-refractivity contribution < 1.29 is 19.9 Å². The van der Waals surface area contributed by atoms with Gasteiger partial charge in [0.1, 0.15) is 11.9 Å². The van der Waals surface area contributed by atoms with Crippen LogP contribution in [0, 0.1) is 10.1 Å². The number of halogens is 1. The minimum absolute atomic E-state index is 0.00574. The fourth-order valence-corrected chi connectivity index (χ4v) is 2.74. The molecule has 10 nitrogen and oxygen atoms in total. The van der Waals surface area contributed by atoms with E-state index >= 15 is 0 Å². The highest BCUT2D eigenvalue weighted by molar-refractivity contribution is 6.30. The van der Waals surface area contributed by atoms with Crippen LogP contribution in [0.4, 0.5) is 27.9 Å². The first-order valence-corrected chi connectivity index (χ1v) is 9.03. The standard InChI is InChI=1S/C19H16ClN5O5/c20-13-3-5-14(6-4-13)22-18-21-11-16(25(29)30)17(23-18)24(19(27)28)10-9-12-1-7-15(26)8-2-12/h1-8,11,26H,9-10H2,(H,27,28)(H,21,22,23). The number of aromatic nitrogens is 2. The number of rotatable bonds is 7. The van der Waals surface area contributed by atoms with Crippen LogP contribution in [0.3, 0.4) is 0 Å². The summed E-state index contributed by atoms with van der Waals surface area (Å²) >= 11 is 5.85. The van der Waals surface area contributed by atoms with Gasteiger partial charge in [-0.15, -0.1) is 0 Å². The first-order valence-electron chi connectivity index (χ1n) is 8.66. The Hall–Kier alpha value is -3.92. The molecule has 1 heterocycles. The molecule has 0 aliphatic rings. The lowest BCUT2D eigenvalue weighted by atomic mass is 10.1. The van der Waals surface area contributed by atoms with E-state index in [1.807, 2.05) is 0 Å². The Bertz CT molecular complexity index is 1060. The molecule has 0 atom stereocenters. The monoisotopic (exact) mass is 429 g/mol. The van der Waals surface area contributed by atoms with Crippen LogP contribution >= 0.6 is 11.6 Å². The van der Waals surface area contributed by atoms with Crippen molar-refractivity contribution in [3.8, 4) is 5.75 Å². The third-order valence-electron chi connectivity index (χ3n) is 4.09. The van der Waals surface area contributed by atoms with Gasteiger partial charge < -0.3 is 15.5 Å². The summed E-state index contributed by atoms with van der Waals surface area (Å²) in [6, 6.07) is 12.8. The van der Waals surface area contributed by atoms with Crippen LogP contribution in [0.2, 0.25) is 5.02 Å². The number of anilines is 3. The van der Waals surface area contributed by atoms with Crippen molar-refractivity contribution in [3.63, 3.8) is 0 Å². The van der Waals surface area contributed by atoms with Crippen LogP contribution in [0.1, 0.15) is 5.56 Å². The van der Waals surface area contributed by atoms with Gasteiger partial charge >= 0.3 is 11.8 Å². The number of nitro groups is 1. The lowest BCUT2D eigenvalue weighted by molar-refractivity contribution is -0.384. The van der Waals surface area contributed by atoms with Crippen LogP contribution in [-0.2, 0) is 6.42 Å². The molecule has 154 valence electrons. The van der Waals surface area contributed by atoms with E-state index in [0.29, 0.717) is 10.7 Å². The van der Waals surface area contributed by atoms with Gasteiger partial charge in [0, 0.05) is 17.3 Å². The first kappa shape index (κ1) is 20.8. The number of hydrogen-bond acceptors (Lipinski definition) is 7.